The van der Waals surface area contributed by atoms with E-state index in [0.717, 1.165) is 38.4 Å². The highest BCUT2D eigenvalue weighted by Gasteiger charge is 1.96. The predicted molar refractivity (Wildman–Crippen MR) is 69.6 cm³/mol. The van der Waals surface area contributed by atoms with Crippen LogP contribution in [0.5, 0.6) is 5.88 Å². The largest absolute Gasteiger partial charge is 0.481 e. The highest BCUT2D eigenvalue weighted by atomic mass is 16.5. The molecule has 0 amide bonds. The van der Waals surface area contributed by atoms with E-state index in [1.54, 1.807) is 7.11 Å². The van der Waals surface area contributed by atoms with Crippen LogP contribution in [0.1, 0.15) is 26.2 Å². The van der Waals surface area contributed by atoms with E-state index < -0.39 is 0 Å². The number of aromatic nitrogens is 1. The zero-order chi connectivity index (χ0) is 12.3. The van der Waals surface area contributed by atoms with Gasteiger partial charge in [0.05, 0.1) is 7.11 Å². The summed E-state index contributed by atoms with van der Waals surface area (Å²) >= 11 is 0. The molecule has 0 saturated heterocycles. The highest BCUT2D eigenvalue weighted by Crippen LogP contribution is 2.10. The molecule has 17 heavy (non-hydrogen) atoms. The van der Waals surface area contributed by atoms with Crippen LogP contribution in [0.15, 0.2) is 18.2 Å². The number of hydrogen-bond donors (Lipinski definition) is 1. The molecular weight excluding hydrogens is 216 g/mol. The van der Waals surface area contributed by atoms with Crippen LogP contribution in [0, 0.1) is 0 Å². The van der Waals surface area contributed by atoms with Crippen molar-refractivity contribution in [2.45, 2.75) is 26.2 Å². The summed E-state index contributed by atoms with van der Waals surface area (Å²) in [7, 11) is 1.62. The number of nitrogens with one attached hydrogen (secondary N) is 1. The molecule has 0 saturated carbocycles. The third kappa shape index (κ3) is 6.12. The minimum absolute atomic E-state index is 0.634. The van der Waals surface area contributed by atoms with Crippen molar-refractivity contribution < 1.29 is 9.47 Å². The Morgan fingerprint density at radius 3 is 2.82 bits per heavy atom. The number of hydrogen-bond acceptors (Lipinski definition) is 4. The van der Waals surface area contributed by atoms with Crippen LogP contribution >= 0.6 is 0 Å². The number of nitrogens with zero attached hydrogens (tertiary/aromatic N) is 1. The molecule has 0 atom stereocenters. The second-order valence-electron chi connectivity index (χ2n) is 3.81. The minimum atomic E-state index is 0.634. The Morgan fingerprint density at radius 2 is 2.06 bits per heavy atom. The van der Waals surface area contributed by atoms with Gasteiger partial charge in [-0.05, 0) is 18.9 Å². The fourth-order valence-electron chi connectivity index (χ4n) is 1.37. The zero-order valence-corrected chi connectivity index (χ0v) is 10.7. The first kappa shape index (κ1) is 13.8. The second-order valence-corrected chi connectivity index (χ2v) is 3.81. The van der Waals surface area contributed by atoms with Gasteiger partial charge in [-0.15, -0.1) is 0 Å². The highest BCUT2D eigenvalue weighted by molar-refractivity contribution is 5.36. The number of rotatable bonds is 9. The molecule has 1 aromatic rings. The monoisotopic (exact) mass is 238 g/mol. The van der Waals surface area contributed by atoms with Crippen LogP contribution in [0.25, 0.3) is 0 Å². The number of anilines is 1. The molecule has 1 N–H and O–H groups in total. The number of unbranched alkanes of at least 4 members (excludes halogenated alkanes) is 1. The van der Waals surface area contributed by atoms with Crippen LogP contribution in [-0.2, 0) is 4.74 Å². The Kier molecular flexibility index (Phi) is 7.14. The van der Waals surface area contributed by atoms with E-state index in [1.807, 2.05) is 18.2 Å². The van der Waals surface area contributed by atoms with Gasteiger partial charge in [-0.1, -0.05) is 19.4 Å². The SMILES string of the molecule is CCCCOCCCNc1cccc(OC)n1. The summed E-state index contributed by atoms with van der Waals surface area (Å²) in [5.74, 6) is 1.48. The summed E-state index contributed by atoms with van der Waals surface area (Å²) in [4.78, 5) is 4.26. The fraction of sp³-hybridized carbons (Fsp3) is 0.615. The van der Waals surface area contributed by atoms with Gasteiger partial charge >= 0.3 is 0 Å². The third-order valence-electron chi connectivity index (χ3n) is 2.35. The maximum absolute atomic E-state index is 5.47. The molecule has 96 valence electrons. The van der Waals surface area contributed by atoms with E-state index in [4.69, 9.17) is 9.47 Å². The van der Waals surface area contributed by atoms with Crippen molar-refractivity contribution in [2.24, 2.45) is 0 Å². The summed E-state index contributed by atoms with van der Waals surface area (Å²) in [5, 5.41) is 3.24. The van der Waals surface area contributed by atoms with Crippen molar-refractivity contribution >= 4 is 5.82 Å². The molecule has 0 bridgehead atoms. The van der Waals surface area contributed by atoms with Crippen LogP contribution in [-0.4, -0.2) is 31.9 Å². The lowest BCUT2D eigenvalue weighted by Gasteiger charge is -2.07. The minimum Gasteiger partial charge on any atom is -0.481 e. The Balaban J connectivity index is 2.09. The summed E-state index contributed by atoms with van der Waals surface area (Å²) in [6.45, 7) is 4.70. The van der Waals surface area contributed by atoms with Gasteiger partial charge in [-0.3, -0.25) is 0 Å². The van der Waals surface area contributed by atoms with Crippen molar-refractivity contribution in [3.63, 3.8) is 0 Å². The molecule has 1 heterocycles. The molecule has 0 unspecified atom stereocenters. The molecule has 1 rings (SSSR count). The molecule has 4 heteroatoms. The second kappa shape index (κ2) is 8.82. The van der Waals surface area contributed by atoms with E-state index in [0.29, 0.717) is 5.88 Å². The van der Waals surface area contributed by atoms with Crippen LogP contribution in [0.4, 0.5) is 5.82 Å². The van der Waals surface area contributed by atoms with E-state index >= 15 is 0 Å². The summed E-state index contributed by atoms with van der Waals surface area (Å²) in [6.07, 6.45) is 3.32. The average molecular weight is 238 g/mol. The van der Waals surface area contributed by atoms with Crippen molar-refractivity contribution in [3.8, 4) is 5.88 Å². The summed E-state index contributed by atoms with van der Waals surface area (Å²) in [5.41, 5.74) is 0. The van der Waals surface area contributed by atoms with E-state index in [2.05, 4.69) is 17.2 Å². The lowest BCUT2D eigenvalue weighted by Crippen LogP contribution is -2.07. The van der Waals surface area contributed by atoms with E-state index in [9.17, 15) is 0 Å². The number of ether oxygens (including phenoxy) is 2. The van der Waals surface area contributed by atoms with Gasteiger partial charge < -0.3 is 14.8 Å². The Hall–Kier alpha value is -1.29. The van der Waals surface area contributed by atoms with Crippen molar-refractivity contribution in [1.82, 2.24) is 4.98 Å². The molecule has 0 aliphatic rings. The van der Waals surface area contributed by atoms with Crippen LogP contribution in [0.3, 0.4) is 0 Å². The number of methoxy groups -OCH3 is 1. The van der Waals surface area contributed by atoms with Gasteiger partial charge in [-0.2, -0.15) is 4.98 Å². The Bertz CT molecular complexity index is 305. The Labute approximate surface area is 103 Å². The molecule has 0 radical (unpaired) electrons. The normalized spacial score (nSPS) is 10.2. The molecule has 4 nitrogen and oxygen atoms in total. The first-order chi connectivity index (χ1) is 8.36. The van der Waals surface area contributed by atoms with Gasteiger partial charge in [0.2, 0.25) is 5.88 Å². The van der Waals surface area contributed by atoms with E-state index in [1.165, 1.54) is 6.42 Å². The maximum atomic E-state index is 5.47. The van der Waals surface area contributed by atoms with Crippen molar-refractivity contribution in [2.75, 3.05) is 32.2 Å². The first-order valence-electron chi connectivity index (χ1n) is 6.19. The lowest BCUT2D eigenvalue weighted by molar-refractivity contribution is 0.131. The van der Waals surface area contributed by atoms with Crippen LogP contribution in [0.2, 0.25) is 0 Å². The molecule has 0 aliphatic carbocycles. The molecule has 0 fully saturated rings. The summed E-state index contributed by atoms with van der Waals surface area (Å²) < 4.78 is 10.5. The van der Waals surface area contributed by atoms with Gasteiger partial charge in [0.15, 0.2) is 0 Å². The topological polar surface area (TPSA) is 43.4 Å². The smallest absolute Gasteiger partial charge is 0.214 e. The molecular formula is C13H22N2O2. The fourth-order valence-corrected chi connectivity index (χ4v) is 1.37. The molecule has 0 aliphatic heterocycles. The van der Waals surface area contributed by atoms with Crippen LogP contribution < -0.4 is 10.1 Å². The quantitative estimate of drug-likeness (QED) is 0.672. The van der Waals surface area contributed by atoms with E-state index in [-0.39, 0.29) is 0 Å². The molecule has 1 aromatic heterocycles. The number of pyridine rings is 1. The maximum Gasteiger partial charge on any atom is 0.214 e. The predicted octanol–water partition coefficient (Wildman–Crippen LogP) is 2.71. The van der Waals surface area contributed by atoms with Gasteiger partial charge in [0.25, 0.3) is 0 Å². The van der Waals surface area contributed by atoms with Crippen molar-refractivity contribution in [3.05, 3.63) is 18.2 Å². The third-order valence-corrected chi connectivity index (χ3v) is 2.35. The molecule has 0 aromatic carbocycles. The average Bonchev–Trinajstić information content (AvgIpc) is 2.38. The first-order valence-corrected chi connectivity index (χ1v) is 6.19. The Morgan fingerprint density at radius 1 is 1.24 bits per heavy atom. The summed E-state index contributed by atoms with van der Waals surface area (Å²) in [6, 6.07) is 5.69. The van der Waals surface area contributed by atoms with Crippen molar-refractivity contribution in [1.29, 1.82) is 0 Å². The lowest BCUT2D eigenvalue weighted by atomic mass is 10.3. The molecule has 0 spiro atoms. The van der Waals surface area contributed by atoms with Gasteiger partial charge in [-0.25, -0.2) is 0 Å². The zero-order valence-electron chi connectivity index (χ0n) is 10.7. The van der Waals surface area contributed by atoms with Gasteiger partial charge in [0.1, 0.15) is 5.82 Å². The van der Waals surface area contributed by atoms with Gasteiger partial charge in [0, 0.05) is 25.8 Å². The standard InChI is InChI=1S/C13H22N2O2/c1-3-4-10-17-11-6-9-14-12-7-5-8-13(15-12)16-2/h5,7-8H,3-4,6,9-11H2,1-2H3,(H,14,15).